The quantitative estimate of drug-likeness (QED) is 0.728. The molecule has 7 heteroatoms. The van der Waals surface area contributed by atoms with Gasteiger partial charge in [-0.1, -0.05) is 0 Å². The monoisotopic (exact) mass is 303 g/mol. The summed E-state index contributed by atoms with van der Waals surface area (Å²) in [5.74, 6) is 1.78. The first-order chi connectivity index (χ1) is 10.1. The first-order valence-electron chi connectivity index (χ1n) is 6.74. The SMILES string of the molecule is Cc1cc[nH]c1CSCCn1cnc2cn(C)nc2c1=O. The van der Waals surface area contributed by atoms with E-state index >= 15 is 0 Å². The Morgan fingerprint density at radius 2 is 2.29 bits per heavy atom. The third kappa shape index (κ3) is 2.87. The number of nitrogens with zero attached hydrogens (tertiary/aromatic N) is 4. The number of aromatic amines is 1. The van der Waals surface area contributed by atoms with Crippen LogP contribution in [0.15, 0.2) is 29.6 Å². The molecule has 0 saturated heterocycles. The van der Waals surface area contributed by atoms with Crippen molar-refractivity contribution in [3.05, 3.63) is 46.4 Å². The Morgan fingerprint density at radius 1 is 1.43 bits per heavy atom. The molecule has 0 aliphatic rings. The fourth-order valence-electron chi connectivity index (χ4n) is 2.18. The topological polar surface area (TPSA) is 68.5 Å². The Bertz CT molecular complexity index is 816. The number of hydrogen-bond donors (Lipinski definition) is 1. The van der Waals surface area contributed by atoms with E-state index in [1.807, 2.05) is 6.20 Å². The number of rotatable bonds is 5. The lowest BCUT2D eigenvalue weighted by Gasteiger charge is -2.05. The summed E-state index contributed by atoms with van der Waals surface area (Å²) in [7, 11) is 1.79. The Morgan fingerprint density at radius 3 is 3.05 bits per heavy atom. The average molecular weight is 303 g/mol. The summed E-state index contributed by atoms with van der Waals surface area (Å²) in [6.07, 6.45) is 5.31. The molecule has 3 aromatic rings. The van der Waals surface area contributed by atoms with Crippen LogP contribution in [0.5, 0.6) is 0 Å². The van der Waals surface area contributed by atoms with Crippen LogP contribution in [0.25, 0.3) is 11.0 Å². The molecule has 0 aliphatic carbocycles. The number of H-pyrrole nitrogens is 1. The van der Waals surface area contributed by atoms with E-state index in [4.69, 9.17) is 0 Å². The van der Waals surface area contributed by atoms with Crippen molar-refractivity contribution in [1.29, 1.82) is 0 Å². The summed E-state index contributed by atoms with van der Waals surface area (Å²) in [6, 6.07) is 2.07. The van der Waals surface area contributed by atoms with Crippen LogP contribution in [0, 0.1) is 6.92 Å². The van der Waals surface area contributed by atoms with Gasteiger partial charge in [-0.25, -0.2) is 4.98 Å². The van der Waals surface area contributed by atoms with E-state index in [1.165, 1.54) is 11.3 Å². The molecule has 0 bridgehead atoms. The van der Waals surface area contributed by atoms with Gasteiger partial charge in [-0.05, 0) is 18.6 Å². The molecule has 0 saturated carbocycles. The van der Waals surface area contributed by atoms with Crippen LogP contribution < -0.4 is 5.56 Å². The predicted molar refractivity (Wildman–Crippen MR) is 84.5 cm³/mol. The van der Waals surface area contributed by atoms with Crippen LogP contribution in [0.3, 0.4) is 0 Å². The molecule has 1 N–H and O–H groups in total. The van der Waals surface area contributed by atoms with E-state index in [9.17, 15) is 4.79 Å². The molecule has 0 aromatic carbocycles. The first kappa shape index (κ1) is 13.9. The minimum Gasteiger partial charge on any atom is -0.364 e. The van der Waals surface area contributed by atoms with E-state index in [1.54, 1.807) is 40.6 Å². The van der Waals surface area contributed by atoms with E-state index in [0.29, 0.717) is 17.6 Å². The van der Waals surface area contributed by atoms with Gasteiger partial charge in [0.2, 0.25) is 0 Å². The van der Waals surface area contributed by atoms with Crippen LogP contribution in [0.2, 0.25) is 0 Å². The molecule has 0 aliphatic heterocycles. The van der Waals surface area contributed by atoms with Gasteiger partial charge in [-0.3, -0.25) is 14.0 Å². The highest BCUT2D eigenvalue weighted by atomic mass is 32.2. The normalized spacial score (nSPS) is 11.3. The summed E-state index contributed by atoms with van der Waals surface area (Å²) in [4.78, 5) is 19.7. The molecule has 3 aromatic heterocycles. The zero-order valence-corrected chi connectivity index (χ0v) is 12.9. The van der Waals surface area contributed by atoms with Crippen molar-refractivity contribution in [2.24, 2.45) is 7.05 Å². The molecule has 6 nitrogen and oxygen atoms in total. The Kier molecular flexibility index (Phi) is 3.83. The third-order valence-corrected chi connectivity index (χ3v) is 4.36. The van der Waals surface area contributed by atoms with Crippen molar-refractivity contribution in [2.45, 2.75) is 19.2 Å². The lowest BCUT2D eigenvalue weighted by Crippen LogP contribution is -2.21. The second-order valence-electron chi connectivity index (χ2n) is 4.97. The van der Waals surface area contributed by atoms with Gasteiger partial charge in [0.1, 0.15) is 5.52 Å². The number of nitrogens with one attached hydrogen (secondary N) is 1. The van der Waals surface area contributed by atoms with Crippen molar-refractivity contribution in [1.82, 2.24) is 24.3 Å². The minimum absolute atomic E-state index is 0.0720. The molecule has 0 amide bonds. The molecule has 3 rings (SSSR count). The van der Waals surface area contributed by atoms with Crippen LogP contribution >= 0.6 is 11.8 Å². The smallest absolute Gasteiger partial charge is 0.281 e. The summed E-state index contributed by atoms with van der Waals surface area (Å²) >= 11 is 1.79. The maximum atomic E-state index is 12.3. The van der Waals surface area contributed by atoms with Gasteiger partial charge in [0.25, 0.3) is 5.56 Å². The standard InChI is InChI=1S/C14H17N5OS/c1-10-3-4-15-12(10)8-21-6-5-19-9-16-11-7-18(2)17-13(11)14(19)20/h3-4,7,9,15H,5-6,8H2,1-2H3. The molecule has 0 radical (unpaired) electrons. The number of aryl methyl sites for hydroxylation is 3. The number of thioether (sulfide) groups is 1. The highest BCUT2D eigenvalue weighted by molar-refractivity contribution is 7.98. The predicted octanol–water partition coefficient (Wildman–Crippen LogP) is 1.70. The zero-order chi connectivity index (χ0) is 14.8. The fraction of sp³-hybridized carbons (Fsp3) is 0.357. The largest absolute Gasteiger partial charge is 0.364 e. The molecule has 0 spiro atoms. The van der Waals surface area contributed by atoms with Crippen LogP contribution in [0.1, 0.15) is 11.3 Å². The molecule has 0 unspecified atom stereocenters. The fourth-order valence-corrected chi connectivity index (χ4v) is 3.16. The number of hydrogen-bond acceptors (Lipinski definition) is 4. The van der Waals surface area contributed by atoms with Crippen LogP contribution in [0.4, 0.5) is 0 Å². The zero-order valence-electron chi connectivity index (χ0n) is 12.0. The van der Waals surface area contributed by atoms with Gasteiger partial charge in [0, 0.05) is 37.0 Å². The van der Waals surface area contributed by atoms with Crippen molar-refractivity contribution < 1.29 is 0 Å². The van der Waals surface area contributed by atoms with Gasteiger partial charge in [-0.2, -0.15) is 16.9 Å². The second kappa shape index (κ2) is 5.77. The van der Waals surface area contributed by atoms with Crippen molar-refractivity contribution >= 4 is 22.8 Å². The maximum absolute atomic E-state index is 12.3. The van der Waals surface area contributed by atoms with Crippen molar-refractivity contribution in [2.75, 3.05) is 5.75 Å². The molecule has 3 heterocycles. The highest BCUT2D eigenvalue weighted by Crippen LogP contribution is 2.14. The second-order valence-corrected chi connectivity index (χ2v) is 6.08. The van der Waals surface area contributed by atoms with E-state index in [2.05, 4.69) is 28.1 Å². The van der Waals surface area contributed by atoms with Crippen LogP contribution in [-0.4, -0.2) is 30.1 Å². The average Bonchev–Trinajstić information content (AvgIpc) is 3.03. The lowest BCUT2D eigenvalue weighted by molar-refractivity contribution is 0.719. The molecule has 0 atom stereocenters. The van der Waals surface area contributed by atoms with Gasteiger partial charge in [0.15, 0.2) is 5.52 Å². The first-order valence-corrected chi connectivity index (χ1v) is 7.90. The summed E-state index contributed by atoms with van der Waals surface area (Å²) in [5, 5.41) is 4.16. The molecular formula is C14H17N5OS. The Balaban J connectivity index is 1.64. The van der Waals surface area contributed by atoms with E-state index < -0.39 is 0 Å². The van der Waals surface area contributed by atoms with Gasteiger partial charge in [0.05, 0.1) is 12.5 Å². The summed E-state index contributed by atoms with van der Waals surface area (Å²) in [6.45, 7) is 2.73. The third-order valence-electron chi connectivity index (χ3n) is 3.40. The molecule has 0 fully saturated rings. The van der Waals surface area contributed by atoms with E-state index in [0.717, 1.165) is 11.5 Å². The Hall–Kier alpha value is -2.02. The molecule has 21 heavy (non-hydrogen) atoms. The van der Waals surface area contributed by atoms with Gasteiger partial charge in [-0.15, -0.1) is 0 Å². The van der Waals surface area contributed by atoms with Gasteiger partial charge < -0.3 is 4.98 Å². The van der Waals surface area contributed by atoms with Crippen LogP contribution in [-0.2, 0) is 19.3 Å². The molecule has 110 valence electrons. The number of aromatic nitrogens is 5. The summed E-state index contributed by atoms with van der Waals surface area (Å²) < 4.78 is 3.25. The summed E-state index contributed by atoms with van der Waals surface area (Å²) in [5.41, 5.74) is 3.53. The Labute approximate surface area is 126 Å². The lowest BCUT2D eigenvalue weighted by atomic mass is 10.3. The van der Waals surface area contributed by atoms with E-state index in [-0.39, 0.29) is 5.56 Å². The van der Waals surface area contributed by atoms with Crippen molar-refractivity contribution in [3.63, 3.8) is 0 Å². The molecular weight excluding hydrogens is 286 g/mol. The number of fused-ring (bicyclic) bond motifs is 1. The highest BCUT2D eigenvalue weighted by Gasteiger charge is 2.07. The maximum Gasteiger partial charge on any atom is 0.281 e. The van der Waals surface area contributed by atoms with Gasteiger partial charge >= 0.3 is 0 Å². The minimum atomic E-state index is -0.0720. The van der Waals surface area contributed by atoms with Crippen molar-refractivity contribution in [3.8, 4) is 0 Å².